The van der Waals surface area contributed by atoms with Crippen LogP contribution < -0.4 is 0 Å². The molecule has 0 bridgehead atoms. The van der Waals surface area contributed by atoms with Gasteiger partial charge in [0.2, 0.25) is 0 Å². The van der Waals surface area contributed by atoms with Gasteiger partial charge in [0, 0.05) is 12.2 Å². The third-order valence-electron chi connectivity index (χ3n) is 2.11. The number of carboxylic acid groups (broad SMARTS) is 2. The van der Waals surface area contributed by atoms with Crippen molar-refractivity contribution < 1.29 is 24.9 Å². The van der Waals surface area contributed by atoms with Crippen LogP contribution in [0.25, 0.3) is 0 Å². The Morgan fingerprint density at radius 1 is 0.895 bits per heavy atom. The molecule has 0 rings (SSSR count). The van der Waals surface area contributed by atoms with Gasteiger partial charge in [0.15, 0.2) is 0 Å². The zero-order chi connectivity index (χ0) is 14.9. The van der Waals surface area contributed by atoms with Crippen LogP contribution in [0, 0.1) is 0 Å². The summed E-state index contributed by atoms with van der Waals surface area (Å²) in [4.78, 5) is 19.1. The van der Waals surface area contributed by atoms with E-state index in [1.165, 1.54) is 32.1 Å². The van der Waals surface area contributed by atoms with Crippen molar-refractivity contribution in [2.24, 2.45) is 0 Å². The lowest BCUT2D eigenvalue weighted by Crippen LogP contribution is -1.91. The number of rotatable bonds is 9. The molecule has 0 aromatic rings. The van der Waals surface area contributed by atoms with E-state index in [4.69, 9.17) is 15.3 Å². The minimum Gasteiger partial charge on any atom is -0.478 e. The average molecular weight is 272 g/mol. The quantitative estimate of drug-likeness (QED) is 0.341. The molecule has 0 aliphatic rings. The van der Waals surface area contributed by atoms with Crippen molar-refractivity contribution in [1.29, 1.82) is 0 Å². The number of aliphatic hydroxyl groups is 1. The first kappa shape index (κ1) is 19.7. The Morgan fingerprint density at radius 3 is 1.84 bits per heavy atom. The first-order chi connectivity index (χ1) is 9.04. The van der Waals surface area contributed by atoms with E-state index in [0.717, 1.165) is 6.42 Å². The largest absolute Gasteiger partial charge is 0.478 e. The summed E-state index contributed by atoms with van der Waals surface area (Å²) >= 11 is 0. The first-order valence-corrected chi connectivity index (χ1v) is 6.44. The van der Waals surface area contributed by atoms with Gasteiger partial charge in [-0.15, -0.1) is 0 Å². The van der Waals surface area contributed by atoms with Crippen LogP contribution >= 0.6 is 0 Å². The molecule has 0 heterocycles. The highest BCUT2D eigenvalue weighted by Crippen LogP contribution is 2.04. The van der Waals surface area contributed by atoms with Gasteiger partial charge in [0.05, 0.1) is 6.61 Å². The van der Waals surface area contributed by atoms with Gasteiger partial charge in [-0.25, -0.2) is 9.59 Å². The number of unbranched alkanes of at least 4 members (excludes halogenated alkanes) is 5. The molecule has 0 atom stereocenters. The lowest BCUT2D eigenvalue weighted by molar-refractivity contribution is -0.134. The number of carboxylic acids is 2. The average Bonchev–Trinajstić information content (AvgIpc) is 2.36. The molecule has 5 heteroatoms. The van der Waals surface area contributed by atoms with Crippen LogP contribution in [0.15, 0.2) is 24.3 Å². The van der Waals surface area contributed by atoms with Gasteiger partial charge in [-0.3, -0.25) is 0 Å². The number of aliphatic carboxylic acids is 2. The molecule has 0 spiro atoms. The smallest absolute Gasteiger partial charge is 0.328 e. The maximum absolute atomic E-state index is 9.55. The topological polar surface area (TPSA) is 94.8 Å². The van der Waals surface area contributed by atoms with Crippen molar-refractivity contribution in [1.82, 2.24) is 0 Å². The van der Waals surface area contributed by atoms with E-state index in [0.29, 0.717) is 12.2 Å². The molecule has 0 aliphatic carbocycles. The Balaban J connectivity index is 0. The Kier molecular flexibility index (Phi) is 17.0. The SMILES string of the molecule is CCCCCCCC=CCO.O=C(O)/C=C\C(=O)O. The van der Waals surface area contributed by atoms with Crippen LogP contribution in [0.2, 0.25) is 0 Å². The second-order valence-electron chi connectivity index (χ2n) is 3.87. The maximum atomic E-state index is 9.55. The van der Waals surface area contributed by atoms with Crippen molar-refractivity contribution in [3.63, 3.8) is 0 Å². The van der Waals surface area contributed by atoms with Crippen molar-refractivity contribution >= 4 is 11.9 Å². The van der Waals surface area contributed by atoms with Crippen LogP contribution in [0.5, 0.6) is 0 Å². The fraction of sp³-hybridized carbons (Fsp3) is 0.571. The molecule has 0 radical (unpaired) electrons. The summed E-state index contributed by atoms with van der Waals surface area (Å²) in [6.45, 7) is 2.42. The molecule has 3 N–H and O–H groups in total. The fourth-order valence-corrected chi connectivity index (χ4v) is 1.20. The lowest BCUT2D eigenvalue weighted by atomic mass is 10.1. The summed E-state index contributed by atoms with van der Waals surface area (Å²) in [7, 11) is 0. The van der Waals surface area contributed by atoms with Crippen molar-refractivity contribution in [2.45, 2.75) is 45.4 Å². The molecule has 0 aromatic heterocycles. The number of allylic oxidation sites excluding steroid dienone is 1. The maximum Gasteiger partial charge on any atom is 0.328 e. The summed E-state index contributed by atoms with van der Waals surface area (Å²) in [6.07, 6.45) is 12.8. The normalized spacial score (nSPS) is 10.4. The van der Waals surface area contributed by atoms with Crippen LogP contribution in [0.1, 0.15) is 45.4 Å². The molecule has 0 aliphatic heterocycles. The highest BCUT2D eigenvalue weighted by Gasteiger charge is 1.88. The minimum absolute atomic E-state index is 0.189. The van der Waals surface area contributed by atoms with Gasteiger partial charge >= 0.3 is 11.9 Å². The number of hydrogen-bond acceptors (Lipinski definition) is 3. The van der Waals surface area contributed by atoms with Crippen LogP contribution in [0.3, 0.4) is 0 Å². The summed E-state index contributed by atoms with van der Waals surface area (Å²) in [6, 6.07) is 0. The molecule has 5 nitrogen and oxygen atoms in total. The molecule has 19 heavy (non-hydrogen) atoms. The van der Waals surface area contributed by atoms with E-state index in [1.54, 1.807) is 0 Å². The zero-order valence-corrected chi connectivity index (χ0v) is 11.4. The summed E-state index contributed by atoms with van der Waals surface area (Å²) in [5, 5.41) is 24.0. The van der Waals surface area contributed by atoms with Crippen molar-refractivity contribution in [2.75, 3.05) is 6.61 Å². The molecule has 0 fully saturated rings. The Morgan fingerprint density at radius 2 is 1.42 bits per heavy atom. The van der Waals surface area contributed by atoms with Gasteiger partial charge < -0.3 is 15.3 Å². The predicted molar refractivity (Wildman–Crippen MR) is 74.0 cm³/mol. The van der Waals surface area contributed by atoms with E-state index >= 15 is 0 Å². The van der Waals surface area contributed by atoms with E-state index in [1.807, 2.05) is 6.08 Å². The highest BCUT2D eigenvalue weighted by atomic mass is 16.4. The monoisotopic (exact) mass is 272 g/mol. The lowest BCUT2D eigenvalue weighted by Gasteiger charge is -1.95. The third kappa shape index (κ3) is 26.2. The molecule has 0 aromatic carbocycles. The van der Waals surface area contributed by atoms with Gasteiger partial charge in [0.1, 0.15) is 0 Å². The van der Waals surface area contributed by atoms with Crippen LogP contribution in [0.4, 0.5) is 0 Å². The molecule has 0 amide bonds. The van der Waals surface area contributed by atoms with Gasteiger partial charge in [-0.05, 0) is 12.8 Å². The predicted octanol–water partition coefficient (Wildman–Crippen LogP) is 2.61. The van der Waals surface area contributed by atoms with Crippen LogP contribution in [-0.2, 0) is 9.59 Å². The van der Waals surface area contributed by atoms with Crippen LogP contribution in [-0.4, -0.2) is 33.9 Å². The minimum atomic E-state index is -1.26. The van der Waals surface area contributed by atoms with Crippen molar-refractivity contribution in [3.05, 3.63) is 24.3 Å². The van der Waals surface area contributed by atoms with Gasteiger partial charge in [-0.1, -0.05) is 44.8 Å². The Labute approximate surface area is 114 Å². The molecule has 0 saturated heterocycles. The summed E-state index contributed by atoms with van der Waals surface area (Å²) in [5.74, 6) is -2.51. The standard InChI is InChI=1S/C10H20O.C4H4O4/c1-2-3-4-5-6-7-8-9-10-11;5-3(6)1-2-4(7)8/h8-9,11H,2-7,10H2,1H3;1-2H,(H,5,6)(H,7,8)/b;2-1-. The Bertz CT molecular complexity index is 266. The number of carbonyl (C=O) groups is 2. The Hall–Kier alpha value is -1.62. The fourth-order valence-electron chi connectivity index (χ4n) is 1.20. The number of aliphatic hydroxyl groups excluding tert-OH is 1. The van der Waals surface area contributed by atoms with Crippen molar-refractivity contribution in [3.8, 4) is 0 Å². The van der Waals surface area contributed by atoms with Gasteiger partial charge in [0.25, 0.3) is 0 Å². The van der Waals surface area contributed by atoms with E-state index in [2.05, 4.69) is 13.0 Å². The summed E-state index contributed by atoms with van der Waals surface area (Å²) < 4.78 is 0. The zero-order valence-electron chi connectivity index (χ0n) is 11.4. The first-order valence-electron chi connectivity index (χ1n) is 6.44. The van der Waals surface area contributed by atoms with E-state index < -0.39 is 11.9 Å². The number of hydrogen-bond donors (Lipinski definition) is 3. The van der Waals surface area contributed by atoms with E-state index in [-0.39, 0.29) is 6.61 Å². The molecule has 110 valence electrons. The molecular formula is C14H24O5. The van der Waals surface area contributed by atoms with Gasteiger partial charge in [-0.2, -0.15) is 0 Å². The van der Waals surface area contributed by atoms with E-state index in [9.17, 15) is 9.59 Å². The molecule has 0 saturated carbocycles. The molecular weight excluding hydrogens is 248 g/mol. The molecule has 0 unspecified atom stereocenters. The third-order valence-corrected chi connectivity index (χ3v) is 2.11. The second-order valence-corrected chi connectivity index (χ2v) is 3.87. The highest BCUT2D eigenvalue weighted by molar-refractivity contribution is 5.89. The summed E-state index contributed by atoms with van der Waals surface area (Å²) in [5.41, 5.74) is 0. The second kappa shape index (κ2) is 16.4.